The number of pyridine rings is 1. The number of nitrogens with zero attached hydrogens (tertiary/aromatic N) is 2. The minimum atomic E-state index is -0.482. The molecule has 0 bridgehead atoms. The lowest BCUT2D eigenvalue weighted by atomic mass is 9.82. The van der Waals surface area contributed by atoms with E-state index < -0.39 is 6.10 Å². The zero-order valence-corrected chi connectivity index (χ0v) is 11.0. The van der Waals surface area contributed by atoms with E-state index in [-0.39, 0.29) is 0 Å². The molecule has 0 saturated carbocycles. The van der Waals surface area contributed by atoms with Crippen LogP contribution in [0.5, 0.6) is 0 Å². The van der Waals surface area contributed by atoms with Crippen molar-refractivity contribution in [1.29, 1.82) is 0 Å². The number of piperidine rings is 1. The zero-order chi connectivity index (χ0) is 12.5. The van der Waals surface area contributed by atoms with Gasteiger partial charge in [-0.15, -0.1) is 0 Å². The van der Waals surface area contributed by atoms with Gasteiger partial charge < -0.3 is 10.0 Å². The van der Waals surface area contributed by atoms with E-state index >= 15 is 0 Å². The molecule has 0 radical (unpaired) electrons. The molecule has 0 spiro atoms. The van der Waals surface area contributed by atoms with Crippen molar-refractivity contribution in [2.75, 3.05) is 18.0 Å². The Morgan fingerprint density at radius 3 is 2.41 bits per heavy atom. The lowest BCUT2D eigenvalue weighted by Gasteiger charge is -2.38. The molecular weight excluding hydrogens is 212 g/mol. The predicted octanol–water partition coefficient (Wildman–Crippen LogP) is 2.76. The summed E-state index contributed by atoms with van der Waals surface area (Å²) in [6, 6.07) is 3.98. The first-order chi connectivity index (χ1) is 7.98. The van der Waals surface area contributed by atoms with Crippen molar-refractivity contribution < 1.29 is 5.11 Å². The standard InChI is InChI=1S/C14H22N2O/c1-11(17)13-5-4-12(10-15-13)16-8-6-14(2,3)7-9-16/h4-5,10-11,17H,6-9H2,1-3H3. The number of rotatable bonds is 2. The lowest BCUT2D eigenvalue weighted by molar-refractivity contribution is 0.194. The summed E-state index contributed by atoms with van der Waals surface area (Å²) in [5.41, 5.74) is 2.39. The monoisotopic (exact) mass is 234 g/mol. The molecule has 1 saturated heterocycles. The average Bonchev–Trinajstić information content (AvgIpc) is 2.29. The molecule has 1 atom stereocenters. The van der Waals surface area contributed by atoms with Gasteiger partial charge in [-0.1, -0.05) is 13.8 Å². The summed E-state index contributed by atoms with van der Waals surface area (Å²) in [6.07, 6.45) is 3.85. The second kappa shape index (κ2) is 4.65. The Morgan fingerprint density at radius 1 is 1.29 bits per heavy atom. The fraction of sp³-hybridized carbons (Fsp3) is 0.643. The van der Waals surface area contributed by atoms with Crippen LogP contribution in [0.1, 0.15) is 45.4 Å². The first-order valence-corrected chi connectivity index (χ1v) is 6.37. The van der Waals surface area contributed by atoms with Crippen LogP contribution in [-0.2, 0) is 0 Å². The number of hydrogen-bond acceptors (Lipinski definition) is 3. The molecule has 0 aliphatic carbocycles. The number of aliphatic hydroxyl groups excluding tert-OH is 1. The van der Waals surface area contributed by atoms with Gasteiger partial charge >= 0.3 is 0 Å². The average molecular weight is 234 g/mol. The largest absolute Gasteiger partial charge is 0.387 e. The van der Waals surface area contributed by atoms with Crippen LogP contribution in [0.15, 0.2) is 18.3 Å². The van der Waals surface area contributed by atoms with Gasteiger partial charge in [-0.3, -0.25) is 4.98 Å². The minimum absolute atomic E-state index is 0.476. The molecule has 17 heavy (non-hydrogen) atoms. The van der Waals surface area contributed by atoms with Crippen LogP contribution in [0.2, 0.25) is 0 Å². The molecule has 0 amide bonds. The topological polar surface area (TPSA) is 36.4 Å². The molecule has 1 aromatic rings. The van der Waals surface area contributed by atoms with E-state index in [1.807, 2.05) is 12.3 Å². The Balaban J connectivity index is 2.04. The third-order valence-corrected chi connectivity index (χ3v) is 3.68. The van der Waals surface area contributed by atoms with E-state index in [1.165, 1.54) is 18.5 Å². The predicted molar refractivity (Wildman–Crippen MR) is 70.1 cm³/mol. The van der Waals surface area contributed by atoms with Crippen molar-refractivity contribution in [3.05, 3.63) is 24.0 Å². The molecule has 1 N–H and O–H groups in total. The van der Waals surface area contributed by atoms with Crippen molar-refractivity contribution in [2.45, 2.75) is 39.7 Å². The molecule has 94 valence electrons. The number of anilines is 1. The van der Waals surface area contributed by atoms with Crippen LogP contribution in [0.4, 0.5) is 5.69 Å². The molecule has 1 aromatic heterocycles. The van der Waals surface area contributed by atoms with Gasteiger partial charge in [-0.05, 0) is 37.3 Å². The summed E-state index contributed by atoms with van der Waals surface area (Å²) in [7, 11) is 0. The van der Waals surface area contributed by atoms with Crippen LogP contribution < -0.4 is 4.90 Å². The molecule has 2 heterocycles. The van der Waals surface area contributed by atoms with Crippen LogP contribution >= 0.6 is 0 Å². The highest BCUT2D eigenvalue weighted by Gasteiger charge is 2.25. The minimum Gasteiger partial charge on any atom is -0.387 e. The van der Waals surface area contributed by atoms with Gasteiger partial charge in [0, 0.05) is 13.1 Å². The fourth-order valence-corrected chi connectivity index (χ4v) is 2.20. The Labute approximate surface area is 103 Å². The van der Waals surface area contributed by atoms with Gasteiger partial charge in [0.2, 0.25) is 0 Å². The van der Waals surface area contributed by atoms with Crippen LogP contribution in [0.3, 0.4) is 0 Å². The van der Waals surface area contributed by atoms with Crippen molar-refractivity contribution in [3.63, 3.8) is 0 Å². The molecule has 1 unspecified atom stereocenters. The summed E-state index contributed by atoms with van der Waals surface area (Å²) in [4.78, 5) is 6.68. The molecule has 0 aromatic carbocycles. The zero-order valence-electron chi connectivity index (χ0n) is 11.0. The van der Waals surface area contributed by atoms with E-state index in [0.29, 0.717) is 5.41 Å². The number of hydrogen-bond donors (Lipinski definition) is 1. The Bertz CT molecular complexity index is 360. The number of aromatic nitrogens is 1. The molecule has 1 aliphatic rings. The van der Waals surface area contributed by atoms with Crippen molar-refractivity contribution in [1.82, 2.24) is 4.98 Å². The van der Waals surface area contributed by atoms with Gasteiger partial charge in [0.1, 0.15) is 0 Å². The SMILES string of the molecule is CC(O)c1ccc(N2CCC(C)(C)CC2)cn1. The van der Waals surface area contributed by atoms with Crippen molar-refractivity contribution in [2.24, 2.45) is 5.41 Å². The molecular formula is C14H22N2O. The molecule has 2 rings (SSSR count). The van der Waals surface area contributed by atoms with E-state index in [9.17, 15) is 5.11 Å². The normalized spacial score (nSPS) is 21.3. The third-order valence-electron chi connectivity index (χ3n) is 3.68. The van der Waals surface area contributed by atoms with E-state index in [1.54, 1.807) is 6.92 Å². The summed E-state index contributed by atoms with van der Waals surface area (Å²) in [6.45, 7) is 8.61. The second-order valence-electron chi connectivity index (χ2n) is 5.77. The van der Waals surface area contributed by atoms with Gasteiger partial charge in [0.05, 0.1) is 23.7 Å². The maximum absolute atomic E-state index is 9.42. The maximum atomic E-state index is 9.42. The van der Waals surface area contributed by atoms with E-state index in [0.717, 1.165) is 18.8 Å². The summed E-state index contributed by atoms with van der Waals surface area (Å²) in [5, 5.41) is 9.42. The molecule has 3 nitrogen and oxygen atoms in total. The van der Waals surface area contributed by atoms with Crippen LogP contribution in [-0.4, -0.2) is 23.2 Å². The first kappa shape index (κ1) is 12.4. The van der Waals surface area contributed by atoms with Gasteiger partial charge in [0.15, 0.2) is 0 Å². The highest BCUT2D eigenvalue weighted by molar-refractivity contribution is 5.45. The van der Waals surface area contributed by atoms with Crippen molar-refractivity contribution in [3.8, 4) is 0 Å². The Morgan fingerprint density at radius 2 is 1.94 bits per heavy atom. The molecule has 1 fully saturated rings. The second-order valence-corrected chi connectivity index (χ2v) is 5.77. The summed E-state index contributed by atoms with van der Waals surface area (Å²) < 4.78 is 0. The summed E-state index contributed by atoms with van der Waals surface area (Å²) in [5.74, 6) is 0. The molecule has 3 heteroatoms. The first-order valence-electron chi connectivity index (χ1n) is 6.37. The van der Waals surface area contributed by atoms with Gasteiger partial charge in [-0.2, -0.15) is 0 Å². The highest BCUT2D eigenvalue weighted by atomic mass is 16.3. The lowest BCUT2D eigenvalue weighted by Crippen LogP contribution is -2.37. The van der Waals surface area contributed by atoms with Crippen molar-refractivity contribution >= 4 is 5.69 Å². The Kier molecular flexibility index (Phi) is 3.38. The maximum Gasteiger partial charge on any atom is 0.0931 e. The molecule has 1 aliphatic heterocycles. The highest BCUT2D eigenvalue weighted by Crippen LogP contribution is 2.32. The van der Waals surface area contributed by atoms with E-state index in [2.05, 4.69) is 29.8 Å². The fourth-order valence-electron chi connectivity index (χ4n) is 2.20. The van der Waals surface area contributed by atoms with Gasteiger partial charge in [-0.25, -0.2) is 0 Å². The summed E-state index contributed by atoms with van der Waals surface area (Å²) >= 11 is 0. The van der Waals surface area contributed by atoms with Crippen LogP contribution in [0, 0.1) is 5.41 Å². The van der Waals surface area contributed by atoms with Crippen LogP contribution in [0.25, 0.3) is 0 Å². The van der Waals surface area contributed by atoms with Gasteiger partial charge in [0.25, 0.3) is 0 Å². The smallest absolute Gasteiger partial charge is 0.0931 e. The quantitative estimate of drug-likeness (QED) is 0.854. The number of aliphatic hydroxyl groups is 1. The van der Waals surface area contributed by atoms with E-state index in [4.69, 9.17) is 0 Å². The Hall–Kier alpha value is -1.09. The third kappa shape index (κ3) is 2.97.